The van der Waals surface area contributed by atoms with Crippen molar-refractivity contribution in [3.63, 3.8) is 0 Å². The average molecular weight is 334 g/mol. The highest BCUT2D eigenvalue weighted by Crippen LogP contribution is 2.17. The number of anilines is 1. The summed E-state index contributed by atoms with van der Waals surface area (Å²) < 4.78 is 0. The zero-order valence-electron chi connectivity index (χ0n) is 14.4. The number of piperazine rings is 1. The van der Waals surface area contributed by atoms with Crippen LogP contribution in [-0.4, -0.2) is 37.1 Å². The number of hydrogen-bond acceptors (Lipinski definition) is 3. The highest BCUT2D eigenvalue weighted by atomic mass is 16.2. The molecule has 1 atom stereocenters. The number of hydrogen-bond donors (Lipinski definition) is 1. The number of rotatable bonds is 3. The molecule has 0 unspecified atom stereocenters. The molecule has 2 aromatic rings. The molecule has 0 bridgehead atoms. The lowest BCUT2D eigenvalue weighted by Crippen LogP contribution is -2.52. The van der Waals surface area contributed by atoms with E-state index in [-0.39, 0.29) is 12.1 Å². The van der Waals surface area contributed by atoms with E-state index in [4.69, 9.17) is 5.26 Å². The maximum atomic E-state index is 12.5. The molecule has 3 rings (SSSR count). The Hall–Kier alpha value is -3.00. The number of benzene rings is 2. The summed E-state index contributed by atoms with van der Waals surface area (Å²) in [5, 5.41) is 11.9. The van der Waals surface area contributed by atoms with Crippen molar-refractivity contribution in [2.24, 2.45) is 0 Å². The van der Waals surface area contributed by atoms with Crippen LogP contribution in [0.1, 0.15) is 24.1 Å². The van der Waals surface area contributed by atoms with Crippen molar-refractivity contribution in [3.05, 3.63) is 65.7 Å². The van der Waals surface area contributed by atoms with Gasteiger partial charge in [-0.2, -0.15) is 5.26 Å². The number of para-hydroxylation sites is 1. The summed E-state index contributed by atoms with van der Waals surface area (Å²) in [6.45, 7) is 5.05. The predicted molar refractivity (Wildman–Crippen MR) is 98.3 cm³/mol. The molecule has 2 amide bonds. The highest BCUT2D eigenvalue weighted by molar-refractivity contribution is 5.75. The zero-order chi connectivity index (χ0) is 17.6. The third-order valence-electron chi connectivity index (χ3n) is 4.57. The van der Waals surface area contributed by atoms with Gasteiger partial charge in [0.1, 0.15) is 0 Å². The maximum Gasteiger partial charge on any atom is 0.317 e. The molecule has 2 aromatic carbocycles. The second-order valence-corrected chi connectivity index (χ2v) is 6.21. The van der Waals surface area contributed by atoms with Crippen molar-refractivity contribution in [1.82, 2.24) is 10.2 Å². The molecule has 5 nitrogen and oxygen atoms in total. The molecule has 1 aliphatic rings. The second kappa shape index (κ2) is 7.71. The van der Waals surface area contributed by atoms with Crippen molar-refractivity contribution >= 4 is 11.7 Å². The molecule has 1 fully saturated rings. The Kier molecular flexibility index (Phi) is 5.20. The van der Waals surface area contributed by atoms with Crippen molar-refractivity contribution in [2.45, 2.75) is 13.0 Å². The van der Waals surface area contributed by atoms with Gasteiger partial charge in [-0.05, 0) is 36.8 Å². The fourth-order valence-corrected chi connectivity index (χ4v) is 3.01. The Morgan fingerprint density at radius 1 is 1.04 bits per heavy atom. The van der Waals surface area contributed by atoms with Gasteiger partial charge in [-0.15, -0.1) is 0 Å². The van der Waals surface area contributed by atoms with Crippen LogP contribution in [0.5, 0.6) is 0 Å². The van der Waals surface area contributed by atoms with Crippen molar-refractivity contribution in [2.75, 3.05) is 31.1 Å². The van der Waals surface area contributed by atoms with Gasteiger partial charge in [-0.3, -0.25) is 0 Å². The van der Waals surface area contributed by atoms with Crippen LogP contribution in [0, 0.1) is 11.3 Å². The van der Waals surface area contributed by atoms with E-state index in [1.807, 2.05) is 42.2 Å². The Bertz CT molecular complexity index is 744. The average Bonchev–Trinajstić information content (AvgIpc) is 2.68. The van der Waals surface area contributed by atoms with Gasteiger partial charge in [0.05, 0.1) is 17.7 Å². The minimum Gasteiger partial charge on any atom is -0.368 e. The lowest BCUT2D eigenvalue weighted by atomic mass is 10.1. The SMILES string of the molecule is C[C@@H](NC(=O)N1CCN(c2ccccc2)CC1)c1ccc(C#N)cc1. The van der Waals surface area contributed by atoms with Gasteiger partial charge in [0.25, 0.3) is 0 Å². The van der Waals surface area contributed by atoms with E-state index in [0.29, 0.717) is 18.7 Å². The number of urea groups is 1. The number of nitriles is 1. The Morgan fingerprint density at radius 2 is 1.68 bits per heavy atom. The third kappa shape index (κ3) is 4.10. The number of carbonyl (C=O) groups is 1. The minimum absolute atomic E-state index is 0.0374. The molecule has 1 heterocycles. The first-order chi connectivity index (χ1) is 12.2. The zero-order valence-corrected chi connectivity index (χ0v) is 14.4. The van der Waals surface area contributed by atoms with Crippen LogP contribution in [0.25, 0.3) is 0 Å². The van der Waals surface area contributed by atoms with E-state index in [1.54, 1.807) is 12.1 Å². The van der Waals surface area contributed by atoms with E-state index in [2.05, 4.69) is 28.4 Å². The molecule has 1 aliphatic heterocycles. The van der Waals surface area contributed by atoms with Crippen LogP contribution in [-0.2, 0) is 0 Å². The standard InChI is InChI=1S/C20H22N4O/c1-16(18-9-7-17(15-21)8-10-18)22-20(25)24-13-11-23(12-14-24)19-5-3-2-4-6-19/h2-10,16H,11-14H2,1H3,(H,22,25)/t16-/m1/s1. The van der Waals surface area contributed by atoms with Gasteiger partial charge in [-0.25, -0.2) is 4.79 Å². The number of amides is 2. The largest absolute Gasteiger partial charge is 0.368 e. The van der Waals surface area contributed by atoms with Gasteiger partial charge in [0, 0.05) is 31.9 Å². The predicted octanol–water partition coefficient (Wildman–Crippen LogP) is 3.15. The number of carbonyl (C=O) groups excluding carboxylic acids is 1. The third-order valence-corrected chi connectivity index (χ3v) is 4.57. The summed E-state index contributed by atoms with van der Waals surface area (Å²) in [5.41, 5.74) is 2.82. The highest BCUT2D eigenvalue weighted by Gasteiger charge is 2.22. The first-order valence-corrected chi connectivity index (χ1v) is 8.53. The van der Waals surface area contributed by atoms with E-state index in [0.717, 1.165) is 18.7 Å². The second-order valence-electron chi connectivity index (χ2n) is 6.21. The van der Waals surface area contributed by atoms with E-state index >= 15 is 0 Å². The summed E-state index contributed by atoms with van der Waals surface area (Å²) in [6, 6.07) is 19.6. The van der Waals surface area contributed by atoms with E-state index < -0.39 is 0 Å². The molecule has 0 spiro atoms. The molecule has 0 saturated carbocycles. The van der Waals surface area contributed by atoms with E-state index in [1.165, 1.54) is 5.69 Å². The summed E-state index contributed by atoms with van der Waals surface area (Å²) in [6.07, 6.45) is 0. The molecule has 128 valence electrons. The normalized spacial score (nSPS) is 15.4. The molecular weight excluding hydrogens is 312 g/mol. The molecule has 5 heteroatoms. The first-order valence-electron chi connectivity index (χ1n) is 8.53. The Morgan fingerprint density at radius 3 is 2.28 bits per heavy atom. The van der Waals surface area contributed by atoms with Crippen molar-refractivity contribution in [1.29, 1.82) is 5.26 Å². The van der Waals surface area contributed by atoms with Gasteiger partial charge >= 0.3 is 6.03 Å². The fraction of sp³-hybridized carbons (Fsp3) is 0.300. The van der Waals surface area contributed by atoms with Gasteiger partial charge in [0.2, 0.25) is 0 Å². The maximum absolute atomic E-state index is 12.5. The molecule has 1 saturated heterocycles. The van der Waals surface area contributed by atoms with Crippen molar-refractivity contribution < 1.29 is 4.79 Å². The van der Waals surface area contributed by atoms with Crippen LogP contribution in [0.2, 0.25) is 0 Å². The molecule has 0 radical (unpaired) electrons. The summed E-state index contributed by atoms with van der Waals surface area (Å²) >= 11 is 0. The lowest BCUT2D eigenvalue weighted by Gasteiger charge is -2.36. The van der Waals surface area contributed by atoms with Crippen LogP contribution in [0.3, 0.4) is 0 Å². The minimum atomic E-state index is -0.0904. The molecule has 25 heavy (non-hydrogen) atoms. The first kappa shape index (κ1) is 16.8. The van der Waals surface area contributed by atoms with Crippen LogP contribution in [0.4, 0.5) is 10.5 Å². The monoisotopic (exact) mass is 334 g/mol. The molecule has 0 aliphatic carbocycles. The molecule has 1 N–H and O–H groups in total. The topological polar surface area (TPSA) is 59.4 Å². The van der Waals surface area contributed by atoms with E-state index in [9.17, 15) is 4.79 Å². The summed E-state index contributed by atoms with van der Waals surface area (Å²) in [5.74, 6) is 0. The quantitative estimate of drug-likeness (QED) is 0.938. The lowest BCUT2D eigenvalue weighted by molar-refractivity contribution is 0.191. The fourth-order valence-electron chi connectivity index (χ4n) is 3.01. The number of nitrogens with zero attached hydrogens (tertiary/aromatic N) is 3. The van der Waals surface area contributed by atoms with Gasteiger partial charge < -0.3 is 15.1 Å². The smallest absolute Gasteiger partial charge is 0.317 e. The summed E-state index contributed by atoms with van der Waals surface area (Å²) in [7, 11) is 0. The number of nitrogens with one attached hydrogen (secondary N) is 1. The van der Waals surface area contributed by atoms with Gasteiger partial charge in [-0.1, -0.05) is 30.3 Å². The Balaban J connectivity index is 1.53. The molecular formula is C20H22N4O. The summed E-state index contributed by atoms with van der Waals surface area (Å²) in [4.78, 5) is 16.7. The van der Waals surface area contributed by atoms with Crippen LogP contribution in [0.15, 0.2) is 54.6 Å². The molecule has 0 aromatic heterocycles. The Labute approximate surface area is 148 Å². The van der Waals surface area contributed by atoms with Crippen LogP contribution >= 0.6 is 0 Å². The van der Waals surface area contributed by atoms with Crippen molar-refractivity contribution in [3.8, 4) is 6.07 Å². The van der Waals surface area contributed by atoms with Crippen LogP contribution < -0.4 is 10.2 Å². The van der Waals surface area contributed by atoms with Gasteiger partial charge in [0.15, 0.2) is 0 Å².